The lowest BCUT2D eigenvalue weighted by Crippen LogP contribution is -2.41. The Morgan fingerprint density at radius 2 is 1.74 bits per heavy atom. The van der Waals surface area contributed by atoms with Gasteiger partial charge in [0.1, 0.15) is 27.7 Å². The Kier molecular flexibility index (Phi) is 4.54. The number of Topliss-reactive ketones (excluding diaryl/α,β-unsaturated/α-hetero) is 2. The fourth-order valence-electron chi connectivity index (χ4n) is 4.38. The maximum atomic E-state index is 13.2. The molecule has 2 unspecified atom stereocenters. The molecule has 2 aliphatic carbocycles. The molecular weight excluding hydrogens is 454 g/mol. The molecule has 6 N–H and O–H groups in total. The second kappa shape index (κ2) is 6.67. The van der Waals surface area contributed by atoms with Crippen molar-refractivity contribution in [3.8, 4) is 11.5 Å². The summed E-state index contributed by atoms with van der Waals surface area (Å²) in [5.41, 5.74) is 4.37. The topological polar surface area (TPSA) is 192 Å². The smallest absolute Gasteiger partial charge is 0.298 e. The van der Waals surface area contributed by atoms with Crippen molar-refractivity contribution in [2.45, 2.75) is 17.7 Å². The fraction of sp³-hybridized carbons (Fsp3) is 0.211. The molecule has 0 fully saturated rings. The van der Waals surface area contributed by atoms with Gasteiger partial charge in [-0.05, 0) is 30.0 Å². The third kappa shape index (κ3) is 2.96. The summed E-state index contributed by atoms with van der Waals surface area (Å²) in [4.78, 5) is 36.0. The van der Waals surface area contributed by atoms with E-state index in [1.165, 1.54) is 6.07 Å². The number of allylic oxidation sites excluding steroid dienone is 1. The minimum absolute atomic E-state index is 0.00814. The molecule has 4 rings (SSSR count). The van der Waals surface area contributed by atoms with E-state index >= 15 is 0 Å². The van der Waals surface area contributed by atoms with E-state index in [1.807, 2.05) is 0 Å². The van der Waals surface area contributed by atoms with Gasteiger partial charge in [0.15, 0.2) is 11.6 Å². The number of aliphatic hydroxyl groups excluding tert-OH is 1. The first kappa shape index (κ1) is 21.1. The fourth-order valence-corrected chi connectivity index (χ4v) is 5.31. The summed E-state index contributed by atoms with van der Waals surface area (Å²) in [7, 11) is -4.92. The van der Waals surface area contributed by atoms with E-state index in [1.54, 1.807) is 0 Å². The van der Waals surface area contributed by atoms with Crippen molar-refractivity contribution in [2.24, 2.45) is 17.6 Å². The molecule has 2 atom stereocenters. The molecule has 162 valence electrons. The summed E-state index contributed by atoms with van der Waals surface area (Å²) in [5.74, 6) is -7.42. The van der Waals surface area contributed by atoms with Gasteiger partial charge in [-0.3, -0.25) is 18.9 Å². The number of nitrogens with two attached hydrogens (primary N) is 1. The number of amides is 1. The van der Waals surface area contributed by atoms with Gasteiger partial charge < -0.3 is 21.1 Å². The van der Waals surface area contributed by atoms with Crippen LogP contribution in [0, 0.1) is 11.8 Å². The second-order valence-electron chi connectivity index (χ2n) is 7.42. The van der Waals surface area contributed by atoms with E-state index in [0.29, 0.717) is 0 Å². The molecule has 2 aliphatic rings. The van der Waals surface area contributed by atoms with E-state index in [-0.39, 0.29) is 34.4 Å². The lowest BCUT2D eigenvalue weighted by atomic mass is 9.67. The average Bonchev–Trinajstić information content (AvgIpc) is 2.62. The number of aromatic hydroxyl groups is 2. The highest BCUT2D eigenvalue weighted by molar-refractivity contribution is 7.86. The number of carbonyl (C=O) groups is 3. The second-order valence-corrected chi connectivity index (χ2v) is 9.22. The number of fused-ring (bicyclic) bond motifs is 3. The largest absolute Gasteiger partial charge is 0.511 e. The highest BCUT2D eigenvalue weighted by Gasteiger charge is 2.47. The number of primary amides is 1. The van der Waals surface area contributed by atoms with Gasteiger partial charge in [0.2, 0.25) is 0 Å². The zero-order valence-electron chi connectivity index (χ0n) is 15.4. The molecule has 2 aromatic carbocycles. The van der Waals surface area contributed by atoms with Gasteiger partial charge in [0, 0.05) is 11.8 Å². The molecule has 0 heterocycles. The number of phenolic OH excluding ortho intramolecular Hbond substituents is 2. The Morgan fingerprint density at radius 1 is 1.10 bits per heavy atom. The number of carbonyl (C=O) groups excluding carboxylic acids is 3. The number of rotatable bonds is 2. The molecule has 10 nitrogen and oxygen atoms in total. The Morgan fingerprint density at radius 3 is 2.32 bits per heavy atom. The number of benzene rings is 2. The van der Waals surface area contributed by atoms with Gasteiger partial charge in [-0.15, -0.1) is 0 Å². The van der Waals surface area contributed by atoms with Crippen LogP contribution in [-0.2, 0) is 26.1 Å². The molecule has 31 heavy (non-hydrogen) atoms. The van der Waals surface area contributed by atoms with Gasteiger partial charge in [0.05, 0.1) is 21.9 Å². The average molecular weight is 468 g/mol. The number of hydrogen-bond donors (Lipinski definition) is 5. The molecule has 0 spiro atoms. The predicted molar refractivity (Wildman–Crippen MR) is 106 cm³/mol. The van der Waals surface area contributed by atoms with Crippen LogP contribution >= 0.6 is 11.6 Å². The lowest BCUT2D eigenvalue weighted by molar-refractivity contribution is -0.122. The highest BCUT2D eigenvalue weighted by atomic mass is 35.5. The summed E-state index contributed by atoms with van der Waals surface area (Å²) < 4.78 is 32.4. The van der Waals surface area contributed by atoms with E-state index in [4.69, 9.17) is 17.3 Å². The Hall–Kier alpha value is -3.15. The molecule has 1 amide bonds. The van der Waals surface area contributed by atoms with Crippen LogP contribution in [-0.4, -0.2) is 45.8 Å². The molecule has 0 saturated carbocycles. The van der Waals surface area contributed by atoms with Gasteiger partial charge in [0.25, 0.3) is 16.0 Å². The van der Waals surface area contributed by atoms with Crippen molar-refractivity contribution in [2.75, 3.05) is 0 Å². The Labute approximate surface area is 179 Å². The van der Waals surface area contributed by atoms with Crippen LogP contribution in [0.1, 0.15) is 22.3 Å². The summed E-state index contributed by atoms with van der Waals surface area (Å²) in [6, 6.07) is 2.15. The number of halogens is 1. The molecule has 12 heteroatoms. The standard InChI is InChI=1S/C19H14ClNO9S/c20-8-4-10(31(28,29)30)15(23)13-7(8)2-5-1-6-3-9(22)14(19(21)27)18(26)12(6)16(24)11(5)17(13)25/h2,4,6,12,23,25-26H,1,3H2,(H2,21,27)(H,28,29,30). The summed E-state index contributed by atoms with van der Waals surface area (Å²) in [5, 5.41) is 30.9. The summed E-state index contributed by atoms with van der Waals surface area (Å²) in [6.07, 6.45) is -0.203. The summed E-state index contributed by atoms with van der Waals surface area (Å²) in [6.45, 7) is 0. The van der Waals surface area contributed by atoms with Gasteiger partial charge >= 0.3 is 0 Å². The summed E-state index contributed by atoms with van der Waals surface area (Å²) >= 11 is 6.09. The first-order chi connectivity index (χ1) is 14.3. The van der Waals surface area contributed by atoms with Crippen molar-refractivity contribution >= 4 is 50.0 Å². The molecular formula is C19H14ClNO9S. The van der Waals surface area contributed by atoms with Crippen molar-refractivity contribution in [3.63, 3.8) is 0 Å². The lowest BCUT2D eigenvalue weighted by Gasteiger charge is -2.35. The minimum atomic E-state index is -4.92. The quantitative estimate of drug-likeness (QED) is 0.320. The van der Waals surface area contributed by atoms with Crippen molar-refractivity contribution < 1.29 is 42.7 Å². The predicted octanol–water partition coefficient (Wildman–Crippen LogP) is 1.39. The van der Waals surface area contributed by atoms with Crippen molar-refractivity contribution in [3.05, 3.63) is 39.6 Å². The number of hydrogen-bond acceptors (Lipinski definition) is 8. The molecule has 0 bridgehead atoms. The Balaban J connectivity index is 2.03. The molecule has 0 aromatic heterocycles. The van der Waals surface area contributed by atoms with Crippen LogP contribution in [0.3, 0.4) is 0 Å². The van der Waals surface area contributed by atoms with Crippen LogP contribution in [0.5, 0.6) is 11.5 Å². The maximum absolute atomic E-state index is 13.2. The van der Waals surface area contributed by atoms with Crippen LogP contribution in [0.25, 0.3) is 10.8 Å². The number of phenols is 2. The van der Waals surface area contributed by atoms with Crippen LogP contribution in [0.2, 0.25) is 5.02 Å². The normalized spacial score (nSPS) is 21.2. The molecule has 2 aromatic rings. The van der Waals surface area contributed by atoms with Gasteiger partial charge in [-0.2, -0.15) is 8.42 Å². The SMILES string of the molecule is NC(=O)C1=C(O)C2C(=O)c3c(cc4c(Cl)cc(S(=O)(=O)O)c(O)c4c3O)CC2CC1=O. The third-order valence-corrected chi connectivity index (χ3v) is 6.83. The Bertz CT molecular complexity index is 1380. The van der Waals surface area contributed by atoms with Crippen molar-refractivity contribution in [1.82, 2.24) is 0 Å². The van der Waals surface area contributed by atoms with Gasteiger partial charge in [-0.1, -0.05) is 11.6 Å². The highest BCUT2D eigenvalue weighted by Crippen LogP contribution is 2.49. The van der Waals surface area contributed by atoms with E-state index in [2.05, 4.69) is 0 Å². The van der Waals surface area contributed by atoms with E-state index < -0.39 is 72.5 Å². The first-order valence-corrected chi connectivity index (χ1v) is 10.6. The molecule has 0 aliphatic heterocycles. The van der Waals surface area contributed by atoms with E-state index in [9.17, 15) is 42.7 Å². The molecule has 0 radical (unpaired) electrons. The van der Waals surface area contributed by atoms with Crippen molar-refractivity contribution in [1.29, 1.82) is 0 Å². The zero-order chi connectivity index (χ0) is 23.0. The van der Waals surface area contributed by atoms with Gasteiger partial charge in [-0.25, -0.2) is 0 Å². The zero-order valence-corrected chi connectivity index (χ0v) is 17.0. The first-order valence-electron chi connectivity index (χ1n) is 8.82. The van der Waals surface area contributed by atoms with E-state index in [0.717, 1.165) is 6.07 Å². The number of ketones is 2. The third-order valence-electron chi connectivity index (χ3n) is 5.65. The monoisotopic (exact) mass is 467 g/mol. The van der Waals surface area contributed by atoms with Crippen LogP contribution in [0.4, 0.5) is 0 Å². The van der Waals surface area contributed by atoms with Crippen LogP contribution in [0.15, 0.2) is 28.4 Å². The van der Waals surface area contributed by atoms with Crippen LogP contribution < -0.4 is 5.73 Å². The molecule has 0 saturated heterocycles. The number of aliphatic hydroxyl groups is 1. The maximum Gasteiger partial charge on any atom is 0.298 e. The minimum Gasteiger partial charge on any atom is -0.511 e.